The van der Waals surface area contributed by atoms with Gasteiger partial charge in [0.2, 0.25) is 0 Å². The molecule has 2 atom stereocenters. The summed E-state index contributed by atoms with van der Waals surface area (Å²) in [5.41, 5.74) is 1.96. The van der Waals surface area contributed by atoms with Crippen LogP contribution in [0.25, 0.3) is 0 Å². The molecule has 1 aromatic rings. The van der Waals surface area contributed by atoms with Gasteiger partial charge in [0, 0.05) is 6.42 Å². The Morgan fingerprint density at radius 1 is 1.40 bits per heavy atom. The van der Waals surface area contributed by atoms with Crippen LogP contribution in [0.2, 0.25) is 0 Å². The predicted molar refractivity (Wildman–Crippen MR) is 57.5 cm³/mol. The molecule has 2 heteroatoms. The molecule has 2 rings (SSSR count). The van der Waals surface area contributed by atoms with E-state index in [9.17, 15) is 8.78 Å². The third kappa shape index (κ3) is 1.90. The fraction of sp³-hybridized carbons (Fsp3) is 0.538. The zero-order valence-corrected chi connectivity index (χ0v) is 9.13. The van der Waals surface area contributed by atoms with E-state index in [0.717, 1.165) is 17.5 Å². The first-order valence-electron chi connectivity index (χ1n) is 5.53. The Labute approximate surface area is 89.3 Å². The normalized spacial score (nSPS) is 24.9. The Morgan fingerprint density at radius 3 is 2.53 bits per heavy atom. The molecule has 0 N–H and O–H groups in total. The second kappa shape index (κ2) is 3.58. The molecule has 0 heterocycles. The van der Waals surface area contributed by atoms with Crippen molar-refractivity contribution in [3.8, 4) is 0 Å². The lowest BCUT2D eigenvalue weighted by molar-refractivity contribution is 0.112. The van der Waals surface area contributed by atoms with Crippen molar-refractivity contribution in [2.75, 3.05) is 0 Å². The Morgan fingerprint density at radius 2 is 2.00 bits per heavy atom. The first-order valence-corrected chi connectivity index (χ1v) is 5.53. The monoisotopic (exact) mass is 210 g/mol. The fourth-order valence-electron chi connectivity index (χ4n) is 2.05. The largest absolute Gasteiger partial charge is 0.255 e. The minimum Gasteiger partial charge on any atom is -0.206 e. The van der Waals surface area contributed by atoms with E-state index in [-0.39, 0.29) is 6.42 Å². The van der Waals surface area contributed by atoms with E-state index in [1.807, 2.05) is 24.3 Å². The van der Waals surface area contributed by atoms with Gasteiger partial charge in [0.15, 0.2) is 0 Å². The number of rotatable bonds is 3. The van der Waals surface area contributed by atoms with E-state index in [1.165, 1.54) is 0 Å². The Hall–Kier alpha value is -0.920. The molecule has 0 aliphatic heterocycles. The zero-order valence-electron chi connectivity index (χ0n) is 9.13. The number of benzene rings is 1. The summed E-state index contributed by atoms with van der Waals surface area (Å²) in [6.45, 7) is 4.19. The third-order valence-electron chi connectivity index (χ3n) is 3.34. The van der Waals surface area contributed by atoms with Crippen molar-refractivity contribution in [2.24, 2.45) is 0 Å². The molecule has 0 aromatic heterocycles. The SMILES string of the molecule is CCC(C)c1ccccc1C1CC1(F)F. The van der Waals surface area contributed by atoms with Gasteiger partial charge in [0.25, 0.3) is 5.92 Å². The summed E-state index contributed by atoms with van der Waals surface area (Å²) in [7, 11) is 0. The minimum atomic E-state index is -2.45. The summed E-state index contributed by atoms with van der Waals surface area (Å²) in [6, 6.07) is 7.63. The molecule has 0 radical (unpaired) electrons. The second-order valence-corrected chi connectivity index (χ2v) is 4.46. The summed E-state index contributed by atoms with van der Waals surface area (Å²) in [5.74, 6) is -2.61. The van der Waals surface area contributed by atoms with Crippen LogP contribution in [0.1, 0.15) is 49.7 Å². The van der Waals surface area contributed by atoms with Gasteiger partial charge < -0.3 is 0 Å². The highest BCUT2D eigenvalue weighted by atomic mass is 19.3. The molecule has 0 nitrogen and oxygen atoms in total. The summed E-state index contributed by atoms with van der Waals surface area (Å²) in [5, 5.41) is 0. The van der Waals surface area contributed by atoms with E-state index in [4.69, 9.17) is 0 Å². The van der Waals surface area contributed by atoms with Crippen molar-refractivity contribution < 1.29 is 8.78 Å². The molecule has 1 fully saturated rings. The van der Waals surface area contributed by atoms with Gasteiger partial charge in [0.05, 0.1) is 5.92 Å². The number of hydrogen-bond donors (Lipinski definition) is 0. The quantitative estimate of drug-likeness (QED) is 0.696. The van der Waals surface area contributed by atoms with E-state index in [2.05, 4.69) is 13.8 Å². The molecular formula is C13H16F2. The van der Waals surface area contributed by atoms with Crippen LogP contribution in [0.3, 0.4) is 0 Å². The van der Waals surface area contributed by atoms with Crippen LogP contribution in [0.5, 0.6) is 0 Å². The Kier molecular flexibility index (Phi) is 2.53. The lowest BCUT2D eigenvalue weighted by Gasteiger charge is -2.14. The minimum absolute atomic E-state index is 0.0282. The maximum absolute atomic E-state index is 13.0. The lowest BCUT2D eigenvalue weighted by Crippen LogP contribution is -2.00. The fourth-order valence-corrected chi connectivity index (χ4v) is 2.05. The van der Waals surface area contributed by atoms with E-state index in [1.54, 1.807) is 0 Å². The maximum Gasteiger partial charge on any atom is 0.255 e. The topological polar surface area (TPSA) is 0 Å². The number of halogens is 2. The van der Waals surface area contributed by atoms with Gasteiger partial charge in [-0.1, -0.05) is 38.1 Å². The van der Waals surface area contributed by atoms with Crippen LogP contribution in [0.4, 0.5) is 8.78 Å². The smallest absolute Gasteiger partial charge is 0.206 e. The maximum atomic E-state index is 13.0. The molecule has 0 spiro atoms. The summed E-state index contributed by atoms with van der Waals surface area (Å²) >= 11 is 0. The van der Waals surface area contributed by atoms with Gasteiger partial charge >= 0.3 is 0 Å². The van der Waals surface area contributed by atoms with Gasteiger partial charge in [-0.3, -0.25) is 0 Å². The van der Waals surface area contributed by atoms with Crippen LogP contribution in [0.15, 0.2) is 24.3 Å². The highest BCUT2D eigenvalue weighted by Crippen LogP contribution is 2.57. The Bertz CT molecular complexity index is 357. The molecule has 1 saturated carbocycles. The van der Waals surface area contributed by atoms with Crippen molar-refractivity contribution in [2.45, 2.75) is 44.4 Å². The predicted octanol–water partition coefficient (Wildman–Crippen LogP) is 4.32. The van der Waals surface area contributed by atoms with Gasteiger partial charge in [-0.2, -0.15) is 0 Å². The van der Waals surface area contributed by atoms with Crippen LogP contribution >= 0.6 is 0 Å². The summed E-state index contributed by atoms with van der Waals surface area (Å²) < 4.78 is 26.1. The molecule has 82 valence electrons. The molecule has 2 unspecified atom stereocenters. The molecule has 1 aliphatic rings. The second-order valence-electron chi connectivity index (χ2n) is 4.46. The average molecular weight is 210 g/mol. The number of hydrogen-bond acceptors (Lipinski definition) is 0. The third-order valence-corrected chi connectivity index (χ3v) is 3.34. The van der Waals surface area contributed by atoms with Gasteiger partial charge in [-0.05, 0) is 23.5 Å². The van der Waals surface area contributed by atoms with Crippen molar-refractivity contribution in [3.05, 3.63) is 35.4 Å². The molecule has 1 aromatic carbocycles. The van der Waals surface area contributed by atoms with Gasteiger partial charge in [-0.25, -0.2) is 8.78 Å². The van der Waals surface area contributed by atoms with Gasteiger partial charge in [0.1, 0.15) is 0 Å². The zero-order chi connectivity index (χ0) is 11.1. The Balaban J connectivity index is 2.31. The molecule has 0 bridgehead atoms. The molecule has 1 aliphatic carbocycles. The van der Waals surface area contributed by atoms with E-state index in [0.29, 0.717) is 5.92 Å². The van der Waals surface area contributed by atoms with Crippen LogP contribution in [0, 0.1) is 0 Å². The molecule has 15 heavy (non-hydrogen) atoms. The van der Waals surface area contributed by atoms with Crippen molar-refractivity contribution >= 4 is 0 Å². The van der Waals surface area contributed by atoms with E-state index < -0.39 is 11.8 Å². The van der Waals surface area contributed by atoms with Crippen molar-refractivity contribution in [1.82, 2.24) is 0 Å². The first kappa shape index (κ1) is 10.6. The van der Waals surface area contributed by atoms with Crippen LogP contribution < -0.4 is 0 Å². The van der Waals surface area contributed by atoms with Crippen molar-refractivity contribution in [3.63, 3.8) is 0 Å². The first-order chi connectivity index (χ1) is 7.06. The number of alkyl halides is 2. The average Bonchev–Trinajstić information content (AvgIpc) is 2.86. The highest BCUT2D eigenvalue weighted by molar-refractivity contribution is 5.38. The molecule has 0 amide bonds. The molecule has 0 saturated heterocycles. The van der Waals surface area contributed by atoms with Crippen LogP contribution in [-0.2, 0) is 0 Å². The summed E-state index contributed by atoms with van der Waals surface area (Å²) in [6.07, 6.45) is 1.02. The van der Waals surface area contributed by atoms with E-state index >= 15 is 0 Å². The lowest BCUT2D eigenvalue weighted by atomic mass is 9.91. The highest BCUT2D eigenvalue weighted by Gasteiger charge is 2.58. The molecular weight excluding hydrogens is 194 g/mol. The van der Waals surface area contributed by atoms with Crippen molar-refractivity contribution in [1.29, 1.82) is 0 Å². The van der Waals surface area contributed by atoms with Gasteiger partial charge in [-0.15, -0.1) is 0 Å². The van der Waals surface area contributed by atoms with Crippen LogP contribution in [-0.4, -0.2) is 5.92 Å². The standard InChI is InChI=1S/C13H16F2/c1-3-9(2)10-6-4-5-7-11(10)12-8-13(12,14)15/h4-7,9,12H,3,8H2,1-2H3. The summed E-state index contributed by atoms with van der Waals surface area (Å²) in [4.78, 5) is 0.